The second-order valence-electron chi connectivity index (χ2n) is 6.01. The number of halogens is 1. The van der Waals surface area contributed by atoms with Gasteiger partial charge in [0, 0.05) is 27.8 Å². The molecule has 0 aliphatic carbocycles. The zero-order chi connectivity index (χ0) is 17.8. The highest BCUT2D eigenvalue weighted by Gasteiger charge is 2.20. The van der Waals surface area contributed by atoms with Gasteiger partial charge in [-0.2, -0.15) is 0 Å². The minimum atomic E-state index is -1.27. The molecule has 3 aromatic rings. The van der Waals surface area contributed by atoms with E-state index < -0.39 is 11.2 Å². The van der Waals surface area contributed by atoms with Gasteiger partial charge in [0.25, 0.3) is 0 Å². The lowest BCUT2D eigenvalue weighted by molar-refractivity contribution is 0.605. The van der Waals surface area contributed by atoms with Crippen molar-refractivity contribution in [3.05, 3.63) is 100 Å². The van der Waals surface area contributed by atoms with Gasteiger partial charge >= 0.3 is 0 Å². The summed E-state index contributed by atoms with van der Waals surface area (Å²) >= 11 is 4.74. The second kappa shape index (κ2) is 7.92. The highest BCUT2D eigenvalue weighted by molar-refractivity contribution is 8.00. The third-order valence-electron chi connectivity index (χ3n) is 3.94. The van der Waals surface area contributed by atoms with Crippen molar-refractivity contribution in [2.75, 3.05) is 0 Å². The molecule has 0 aliphatic rings. The van der Waals surface area contributed by atoms with E-state index in [9.17, 15) is 4.55 Å². The molecule has 25 heavy (non-hydrogen) atoms. The van der Waals surface area contributed by atoms with Gasteiger partial charge in [0.05, 0.1) is 0 Å². The normalized spacial score (nSPS) is 12.9. The molecule has 1 nitrogen and oxygen atoms in total. The minimum Gasteiger partial charge on any atom is -0.606 e. The maximum Gasteiger partial charge on any atom is 0.166 e. The lowest BCUT2D eigenvalue weighted by atomic mass is 10.1. The van der Waals surface area contributed by atoms with Gasteiger partial charge in [-0.1, -0.05) is 59.1 Å². The van der Waals surface area contributed by atoms with E-state index in [4.69, 9.17) is 11.6 Å². The van der Waals surface area contributed by atoms with Crippen LogP contribution in [0.1, 0.15) is 22.3 Å². The minimum absolute atomic E-state index is 0.666. The maximum atomic E-state index is 13.2. The molecule has 0 radical (unpaired) electrons. The molecular formula is C22H19ClOS. The Bertz CT molecular complexity index is 865. The Morgan fingerprint density at radius 2 is 1.32 bits per heavy atom. The zero-order valence-corrected chi connectivity index (χ0v) is 15.8. The standard InChI is InChI=1S/C22H19ClOS/c1-16-3-7-18(8-4-16)15-22(19-9-11-20(23)12-10-19)25(24)21-13-5-17(2)6-14-21/h3-15H,1-2H3/b22-15+. The number of aryl methyl sites for hydroxylation is 2. The van der Waals surface area contributed by atoms with E-state index in [0.717, 1.165) is 26.5 Å². The van der Waals surface area contributed by atoms with Crippen LogP contribution < -0.4 is 0 Å². The lowest BCUT2D eigenvalue weighted by Gasteiger charge is -2.14. The largest absolute Gasteiger partial charge is 0.606 e. The van der Waals surface area contributed by atoms with Crippen LogP contribution in [0, 0.1) is 13.8 Å². The summed E-state index contributed by atoms with van der Waals surface area (Å²) in [6, 6.07) is 23.5. The Hall–Kier alpha value is -2.00. The molecule has 0 saturated carbocycles. The first-order valence-corrected chi connectivity index (χ1v) is 9.58. The third kappa shape index (κ3) is 4.55. The van der Waals surface area contributed by atoms with Crippen molar-refractivity contribution in [1.29, 1.82) is 0 Å². The zero-order valence-electron chi connectivity index (χ0n) is 14.2. The molecule has 0 heterocycles. The molecule has 0 bridgehead atoms. The Labute approximate surface area is 157 Å². The summed E-state index contributed by atoms with van der Waals surface area (Å²) in [5.74, 6) is 0. The quantitative estimate of drug-likeness (QED) is 0.394. The lowest BCUT2D eigenvalue weighted by Crippen LogP contribution is -2.04. The van der Waals surface area contributed by atoms with Crippen molar-refractivity contribution < 1.29 is 4.55 Å². The molecule has 126 valence electrons. The number of benzene rings is 3. The van der Waals surface area contributed by atoms with E-state index >= 15 is 0 Å². The van der Waals surface area contributed by atoms with Crippen molar-refractivity contribution in [2.24, 2.45) is 0 Å². The van der Waals surface area contributed by atoms with Crippen molar-refractivity contribution in [2.45, 2.75) is 18.7 Å². The molecule has 3 aromatic carbocycles. The van der Waals surface area contributed by atoms with Gasteiger partial charge in [-0.25, -0.2) is 0 Å². The van der Waals surface area contributed by atoms with Crippen LogP contribution >= 0.6 is 11.6 Å². The summed E-state index contributed by atoms with van der Waals surface area (Å²) in [7, 11) is 0. The first kappa shape index (κ1) is 17.8. The van der Waals surface area contributed by atoms with Crippen LogP contribution in [-0.4, -0.2) is 4.55 Å². The van der Waals surface area contributed by atoms with Crippen molar-refractivity contribution in [3.63, 3.8) is 0 Å². The van der Waals surface area contributed by atoms with Crippen LogP contribution in [0.5, 0.6) is 0 Å². The molecule has 1 unspecified atom stereocenters. The SMILES string of the molecule is Cc1ccc(/C=C(\c2ccc(Cl)cc2)[S+]([O-])c2ccc(C)cc2)cc1. The van der Waals surface area contributed by atoms with Gasteiger partial charge in [-0.3, -0.25) is 0 Å². The first-order valence-electron chi connectivity index (χ1n) is 8.06. The molecule has 3 rings (SSSR count). The fourth-order valence-electron chi connectivity index (χ4n) is 2.46. The molecule has 1 atom stereocenters. The highest BCUT2D eigenvalue weighted by Crippen LogP contribution is 2.31. The van der Waals surface area contributed by atoms with Gasteiger partial charge < -0.3 is 4.55 Å². The van der Waals surface area contributed by atoms with Crippen LogP contribution in [0.25, 0.3) is 11.0 Å². The summed E-state index contributed by atoms with van der Waals surface area (Å²) in [4.78, 5) is 1.56. The Morgan fingerprint density at radius 1 is 0.800 bits per heavy atom. The van der Waals surface area contributed by atoms with Gasteiger partial charge in [-0.15, -0.1) is 0 Å². The molecule has 0 aliphatic heterocycles. The Morgan fingerprint density at radius 3 is 1.88 bits per heavy atom. The van der Waals surface area contributed by atoms with E-state index in [2.05, 4.69) is 19.1 Å². The molecular weight excluding hydrogens is 348 g/mol. The Balaban J connectivity index is 2.06. The summed E-state index contributed by atoms with van der Waals surface area (Å²) in [5.41, 5.74) is 4.28. The topological polar surface area (TPSA) is 23.1 Å². The molecule has 3 heteroatoms. The fourth-order valence-corrected chi connectivity index (χ4v) is 3.82. The molecule has 0 spiro atoms. The van der Waals surface area contributed by atoms with Crippen molar-refractivity contribution in [3.8, 4) is 0 Å². The molecule has 0 amide bonds. The van der Waals surface area contributed by atoms with Crippen molar-refractivity contribution in [1.82, 2.24) is 0 Å². The predicted octanol–water partition coefficient (Wildman–Crippen LogP) is 6.26. The van der Waals surface area contributed by atoms with Crippen LogP contribution in [0.3, 0.4) is 0 Å². The Kier molecular flexibility index (Phi) is 5.64. The average Bonchev–Trinajstić information content (AvgIpc) is 2.62. The maximum absolute atomic E-state index is 13.2. The van der Waals surface area contributed by atoms with E-state index in [0.29, 0.717) is 5.02 Å². The fraction of sp³-hybridized carbons (Fsp3) is 0.0909. The highest BCUT2D eigenvalue weighted by atomic mass is 35.5. The van der Waals surface area contributed by atoms with Crippen LogP contribution in [0.2, 0.25) is 5.02 Å². The third-order valence-corrected chi connectivity index (χ3v) is 5.64. The van der Waals surface area contributed by atoms with Gasteiger partial charge in [-0.05, 0) is 55.8 Å². The molecule has 0 N–H and O–H groups in total. The molecule has 0 saturated heterocycles. The molecule has 0 aromatic heterocycles. The van der Waals surface area contributed by atoms with E-state index in [-0.39, 0.29) is 0 Å². The van der Waals surface area contributed by atoms with Gasteiger partial charge in [0.1, 0.15) is 0 Å². The monoisotopic (exact) mass is 366 g/mol. The summed E-state index contributed by atoms with van der Waals surface area (Å²) < 4.78 is 13.2. The average molecular weight is 367 g/mol. The smallest absolute Gasteiger partial charge is 0.166 e. The number of hydrogen-bond donors (Lipinski definition) is 0. The summed E-state index contributed by atoms with van der Waals surface area (Å²) in [6.07, 6.45) is 1.98. The van der Waals surface area contributed by atoms with E-state index in [1.165, 1.54) is 5.56 Å². The summed E-state index contributed by atoms with van der Waals surface area (Å²) in [5, 5.41) is 0.666. The van der Waals surface area contributed by atoms with Crippen LogP contribution in [0.4, 0.5) is 0 Å². The second-order valence-corrected chi connectivity index (χ2v) is 7.89. The predicted molar refractivity (Wildman–Crippen MR) is 108 cm³/mol. The van der Waals surface area contributed by atoms with Gasteiger partial charge in [0.2, 0.25) is 0 Å². The van der Waals surface area contributed by atoms with Crippen LogP contribution in [0.15, 0.2) is 77.7 Å². The molecule has 0 fully saturated rings. The number of rotatable bonds is 4. The van der Waals surface area contributed by atoms with E-state index in [1.807, 2.05) is 73.7 Å². The van der Waals surface area contributed by atoms with Crippen molar-refractivity contribution >= 4 is 33.8 Å². The van der Waals surface area contributed by atoms with Gasteiger partial charge in [0.15, 0.2) is 9.80 Å². The summed E-state index contributed by atoms with van der Waals surface area (Å²) in [6.45, 7) is 4.08. The first-order chi connectivity index (χ1) is 12.0. The van der Waals surface area contributed by atoms with Crippen LogP contribution in [-0.2, 0) is 11.2 Å². The number of hydrogen-bond acceptors (Lipinski definition) is 1. The van der Waals surface area contributed by atoms with E-state index in [1.54, 1.807) is 0 Å².